The van der Waals surface area contributed by atoms with E-state index in [1.165, 1.54) is 11.4 Å². The van der Waals surface area contributed by atoms with Gasteiger partial charge in [0.1, 0.15) is 17.7 Å². The molecular weight excluding hydrogens is 512 g/mol. The number of anilines is 1. The van der Waals surface area contributed by atoms with Gasteiger partial charge in [-0.15, -0.1) is 0 Å². The highest BCUT2D eigenvalue weighted by atomic mass is 16.5. The van der Waals surface area contributed by atoms with Crippen LogP contribution in [-0.2, 0) is 4.79 Å². The Balaban J connectivity index is 1.48. The summed E-state index contributed by atoms with van der Waals surface area (Å²) in [7, 11) is 1.57. The zero-order valence-electron chi connectivity index (χ0n) is 22.6. The molecule has 1 aliphatic heterocycles. The Morgan fingerprint density at radius 3 is 2.45 bits per heavy atom. The van der Waals surface area contributed by atoms with E-state index in [2.05, 4.69) is 10.1 Å². The zero-order chi connectivity index (χ0) is 28.6. The van der Waals surface area contributed by atoms with Crippen LogP contribution >= 0.6 is 0 Å². The van der Waals surface area contributed by atoms with Gasteiger partial charge in [-0.05, 0) is 51.0 Å². The molecule has 11 heteroatoms. The maximum absolute atomic E-state index is 12.2. The van der Waals surface area contributed by atoms with Crippen molar-refractivity contribution in [3.8, 4) is 28.1 Å². The van der Waals surface area contributed by atoms with Crippen LogP contribution in [0.25, 0.3) is 28.0 Å². The first-order chi connectivity index (χ1) is 19.2. The molecule has 4 heterocycles. The minimum Gasteiger partial charge on any atom is -0.496 e. The number of nitrogens with zero attached hydrogens (tertiary/aromatic N) is 5. The van der Waals surface area contributed by atoms with Crippen LogP contribution in [0.2, 0.25) is 0 Å². The summed E-state index contributed by atoms with van der Waals surface area (Å²) in [5, 5.41) is 24.2. The molecule has 0 radical (unpaired) electrons. The number of nitrogen functional groups attached to an aromatic ring is 1. The van der Waals surface area contributed by atoms with E-state index in [1.807, 2.05) is 30.3 Å². The zero-order valence-corrected chi connectivity index (χ0v) is 22.6. The first-order valence-corrected chi connectivity index (χ1v) is 13.1. The van der Waals surface area contributed by atoms with Gasteiger partial charge in [-0.25, -0.2) is 4.98 Å². The lowest BCUT2D eigenvalue weighted by Crippen LogP contribution is -2.42. The van der Waals surface area contributed by atoms with Crippen molar-refractivity contribution in [2.75, 3.05) is 25.9 Å². The molecule has 4 aromatic rings. The van der Waals surface area contributed by atoms with Crippen LogP contribution in [0.3, 0.4) is 0 Å². The molecule has 1 amide bonds. The number of fused-ring (bicyclic) bond motifs is 1. The molecule has 1 aliphatic rings. The third-order valence-electron chi connectivity index (χ3n) is 7.47. The Labute approximate surface area is 231 Å². The van der Waals surface area contributed by atoms with E-state index < -0.39 is 12.2 Å². The summed E-state index contributed by atoms with van der Waals surface area (Å²) in [6.07, 6.45) is 3.53. The van der Waals surface area contributed by atoms with Crippen molar-refractivity contribution in [3.05, 3.63) is 59.5 Å². The smallest absolute Gasteiger partial charge is 0.251 e. The molecule has 11 nitrogen and oxygen atoms in total. The number of carbonyl (C=O) groups is 2. The molecule has 1 fully saturated rings. The molecule has 40 heavy (non-hydrogen) atoms. The topological polar surface area (TPSA) is 156 Å². The third kappa shape index (κ3) is 4.89. The highest BCUT2D eigenvalue weighted by Gasteiger charge is 2.30. The fraction of sp³-hybridized carbons (Fsp3) is 0.345. The predicted molar refractivity (Wildman–Crippen MR) is 149 cm³/mol. The Morgan fingerprint density at radius 2 is 1.85 bits per heavy atom. The van der Waals surface area contributed by atoms with Crippen molar-refractivity contribution in [3.63, 3.8) is 0 Å². The second kappa shape index (κ2) is 11.0. The van der Waals surface area contributed by atoms with Crippen LogP contribution in [0.1, 0.15) is 60.3 Å². The fourth-order valence-electron chi connectivity index (χ4n) is 5.26. The molecule has 5 rings (SSSR count). The average Bonchev–Trinajstić information content (AvgIpc) is 3.41. The number of aldehydes is 1. The maximum Gasteiger partial charge on any atom is 0.251 e. The Hall–Kier alpha value is -4.35. The first-order valence-electron chi connectivity index (χ1n) is 13.1. The summed E-state index contributed by atoms with van der Waals surface area (Å²) < 4.78 is 6.81. The number of piperidine rings is 1. The number of rotatable bonds is 7. The highest BCUT2D eigenvalue weighted by molar-refractivity contribution is 5.87. The predicted octanol–water partition coefficient (Wildman–Crippen LogP) is 3.00. The van der Waals surface area contributed by atoms with E-state index in [0.717, 1.165) is 16.8 Å². The van der Waals surface area contributed by atoms with Crippen molar-refractivity contribution < 1.29 is 24.5 Å². The molecule has 208 valence electrons. The van der Waals surface area contributed by atoms with Crippen LogP contribution < -0.4 is 10.5 Å². The first kappa shape index (κ1) is 27.2. The van der Waals surface area contributed by atoms with Crippen LogP contribution in [0.15, 0.2) is 42.7 Å². The summed E-state index contributed by atoms with van der Waals surface area (Å²) in [6.45, 7) is 4.06. The number of nitrogens with two attached hydrogens (primary N) is 1. The number of pyridine rings is 1. The number of aliphatic hydroxyl groups excluding tert-OH is 2. The minimum atomic E-state index is -1.05. The van der Waals surface area contributed by atoms with Crippen LogP contribution in [0.4, 0.5) is 5.82 Å². The summed E-state index contributed by atoms with van der Waals surface area (Å²) in [5.74, 6) is 0.433. The molecule has 0 saturated carbocycles. The highest BCUT2D eigenvalue weighted by Crippen LogP contribution is 2.35. The molecule has 1 aromatic carbocycles. The van der Waals surface area contributed by atoms with Crippen molar-refractivity contribution in [1.82, 2.24) is 24.5 Å². The molecule has 0 spiro atoms. The van der Waals surface area contributed by atoms with E-state index in [1.54, 1.807) is 31.3 Å². The van der Waals surface area contributed by atoms with E-state index in [4.69, 9.17) is 15.5 Å². The number of hydrogen-bond donors (Lipinski definition) is 3. The molecule has 1 saturated heterocycles. The van der Waals surface area contributed by atoms with E-state index in [0.29, 0.717) is 66.0 Å². The summed E-state index contributed by atoms with van der Waals surface area (Å²) >= 11 is 0. The van der Waals surface area contributed by atoms with Gasteiger partial charge in [0.05, 0.1) is 36.4 Å². The van der Waals surface area contributed by atoms with Crippen molar-refractivity contribution >= 4 is 23.7 Å². The molecule has 3 aromatic heterocycles. The molecule has 1 unspecified atom stereocenters. The Bertz CT molecular complexity index is 1560. The Morgan fingerprint density at radius 1 is 1.12 bits per heavy atom. The normalized spacial score (nSPS) is 15.7. The van der Waals surface area contributed by atoms with Gasteiger partial charge in [0.15, 0.2) is 11.9 Å². The van der Waals surface area contributed by atoms with Crippen molar-refractivity contribution in [2.24, 2.45) is 0 Å². The van der Waals surface area contributed by atoms with Gasteiger partial charge in [0, 0.05) is 47.5 Å². The van der Waals surface area contributed by atoms with E-state index >= 15 is 0 Å². The number of aromatic nitrogens is 4. The third-order valence-corrected chi connectivity index (χ3v) is 7.47. The number of ether oxygens (including phenoxy) is 1. The largest absolute Gasteiger partial charge is 0.496 e. The Kier molecular flexibility index (Phi) is 7.51. The second-order valence-corrected chi connectivity index (χ2v) is 10.0. The second-order valence-electron chi connectivity index (χ2n) is 10.0. The maximum atomic E-state index is 12.2. The summed E-state index contributed by atoms with van der Waals surface area (Å²) in [5.41, 5.74) is 11.5. The molecule has 4 N–H and O–H groups in total. The molecule has 0 aliphatic carbocycles. The number of amides is 1. The molecular formula is C29H32N6O5. The van der Waals surface area contributed by atoms with Gasteiger partial charge < -0.3 is 25.6 Å². The van der Waals surface area contributed by atoms with Gasteiger partial charge in [0.25, 0.3) is 5.91 Å². The number of methoxy groups -OCH3 is 1. The van der Waals surface area contributed by atoms with E-state index in [-0.39, 0.29) is 17.6 Å². The molecule has 2 atom stereocenters. The number of benzene rings is 1. The van der Waals surface area contributed by atoms with Gasteiger partial charge in [-0.3, -0.25) is 14.6 Å². The average molecular weight is 545 g/mol. The summed E-state index contributed by atoms with van der Waals surface area (Å²) in [6, 6.07) is 9.35. The van der Waals surface area contributed by atoms with E-state index in [9.17, 15) is 19.8 Å². The summed E-state index contributed by atoms with van der Waals surface area (Å²) in [4.78, 5) is 35.4. The van der Waals surface area contributed by atoms with Gasteiger partial charge >= 0.3 is 0 Å². The lowest BCUT2D eigenvalue weighted by atomic mass is 9.90. The number of aliphatic hydroxyl groups is 2. The van der Waals surface area contributed by atoms with Gasteiger partial charge in [-0.1, -0.05) is 6.07 Å². The monoisotopic (exact) mass is 544 g/mol. The minimum absolute atomic E-state index is 0.0769. The quantitative estimate of drug-likeness (QED) is 0.298. The lowest BCUT2D eigenvalue weighted by molar-refractivity contribution is -0.140. The van der Waals surface area contributed by atoms with Crippen LogP contribution in [0.5, 0.6) is 5.75 Å². The van der Waals surface area contributed by atoms with Crippen LogP contribution in [-0.4, -0.2) is 73.2 Å². The number of likely N-dealkylation sites (tertiary alicyclic amines) is 1. The fourth-order valence-corrected chi connectivity index (χ4v) is 5.26. The molecule has 0 bridgehead atoms. The lowest BCUT2D eigenvalue weighted by Gasteiger charge is -2.33. The van der Waals surface area contributed by atoms with Crippen molar-refractivity contribution in [1.29, 1.82) is 0 Å². The van der Waals surface area contributed by atoms with Crippen LogP contribution in [0, 0.1) is 0 Å². The SMILES string of the molecule is COc1ccc(-c2ccc(-c3cnn4c(N)c(C=O)c(C5CCN(C(=O)[C@@H](C)O)CC5)nc34)cn2)cc1C(C)O. The number of hydrogen-bond acceptors (Lipinski definition) is 9. The number of carbonyl (C=O) groups excluding carboxylic acids is 2. The van der Waals surface area contributed by atoms with Gasteiger partial charge in [0.2, 0.25) is 0 Å². The standard InChI is InChI=1S/C29H32N6O5/c1-16(37)21-12-19(5-7-25(21)40-3)24-6-4-20(13-31-24)22-14-32-35-27(30)23(15-36)26(33-28(22)35)18-8-10-34(11-9-18)29(39)17(2)38/h4-7,12-18,37-38H,8-11,30H2,1-3H3/t16?,17-/m1/s1. The van der Waals surface area contributed by atoms with Gasteiger partial charge in [-0.2, -0.15) is 9.61 Å². The van der Waals surface area contributed by atoms with Crippen molar-refractivity contribution in [2.45, 2.75) is 44.8 Å².